The topological polar surface area (TPSA) is 123 Å². The predicted molar refractivity (Wildman–Crippen MR) is 140 cm³/mol. The smallest absolute Gasteiger partial charge is 0.287 e. The average molecular weight is 514 g/mol. The van der Waals surface area contributed by atoms with Gasteiger partial charge in [0, 0.05) is 39.9 Å². The number of hydrogen-bond acceptors (Lipinski definition) is 6. The number of amides is 1. The molecular formula is C27H20ClN5O4. The number of carbonyl (C=O) groups excluding carboxylic acids is 1. The summed E-state index contributed by atoms with van der Waals surface area (Å²) in [6.07, 6.45) is 2.69. The van der Waals surface area contributed by atoms with E-state index in [1.807, 2.05) is 42.7 Å². The van der Waals surface area contributed by atoms with Crippen LogP contribution in [0.2, 0.25) is 5.02 Å². The van der Waals surface area contributed by atoms with Crippen LogP contribution in [0.15, 0.2) is 78.5 Å². The number of aryl methyl sites for hydroxylation is 1. The first-order chi connectivity index (χ1) is 17.7. The Bertz CT molecular complexity index is 1550. The second-order valence-corrected chi connectivity index (χ2v) is 8.44. The molecule has 2 aromatic heterocycles. The number of benzene rings is 2. The molecular weight excluding hydrogens is 494 g/mol. The van der Waals surface area contributed by atoms with Gasteiger partial charge in [-0.25, -0.2) is 4.98 Å². The van der Waals surface area contributed by atoms with Crippen molar-refractivity contribution in [3.05, 3.63) is 111 Å². The Hall–Kier alpha value is -4.94. The summed E-state index contributed by atoms with van der Waals surface area (Å²) in [6, 6.07) is 20.5. The molecule has 0 aliphatic heterocycles. The molecule has 0 fully saturated rings. The van der Waals surface area contributed by atoms with E-state index in [2.05, 4.69) is 10.3 Å². The number of rotatable bonds is 7. The third-order valence-corrected chi connectivity index (χ3v) is 5.70. The lowest BCUT2D eigenvalue weighted by molar-refractivity contribution is -0.385. The van der Waals surface area contributed by atoms with Gasteiger partial charge in [-0.2, -0.15) is 5.26 Å². The number of carbonyl (C=O) groups is 1. The maximum absolute atomic E-state index is 12.7. The van der Waals surface area contributed by atoms with Crippen LogP contribution in [0, 0.1) is 35.3 Å². The fourth-order valence-electron chi connectivity index (χ4n) is 3.72. The van der Waals surface area contributed by atoms with Gasteiger partial charge in [-0.1, -0.05) is 17.7 Å². The molecule has 37 heavy (non-hydrogen) atoms. The van der Waals surface area contributed by atoms with Gasteiger partial charge in [-0.15, -0.1) is 0 Å². The second-order valence-electron chi connectivity index (χ2n) is 8.00. The van der Waals surface area contributed by atoms with Crippen LogP contribution < -0.4 is 10.1 Å². The van der Waals surface area contributed by atoms with Crippen LogP contribution in [0.3, 0.4) is 0 Å². The molecule has 2 heterocycles. The molecule has 0 unspecified atom stereocenters. The Morgan fingerprint density at radius 2 is 1.92 bits per heavy atom. The van der Waals surface area contributed by atoms with Crippen LogP contribution in [0.5, 0.6) is 11.6 Å². The van der Waals surface area contributed by atoms with E-state index < -0.39 is 10.8 Å². The number of nitrogens with one attached hydrogen (secondary N) is 1. The molecule has 0 bridgehead atoms. The molecule has 2 aromatic carbocycles. The monoisotopic (exact) mass is 513 g/mol. The standard InChI is InChI=1S/C27H20ClN5O4/c1-17-12-19(13-20(15-29)27(34)31-22-5-3-4-21(28)14-22)18(2)32(17)23-6-9-25(10-7-23)37-26-11-8-24(16-30-26)33(35)36/h3-14,16H,1-2H3,(H,31,34)/b20-13+. The van der Waals surface area contributed by atoms with Crippen LogP contribution in [0.1, 0.15) is 17.0 Å². The largest absolute Gasteiger partial charge is 0.439 e. The predicted octanol–water partition coefficient (Wildman–Crippen LogP) is 6.39. The molecule has 0 aliphatic rings. The van der Waals surface area contributed by atoms with Gasteiger partial charge in [0.05, 0.1) is 4.92 Å². The minimum absolute atomic E-state index is 0.0421. The third kappa shape index (κ3) is 5.83. The number of nitro groups is 1. The normalized spacial score (nSPS) is 11.0. The molecule has 0 saturated heterocycles. The Labute approximate surface area is 217 Å². The summed E-state index contributed by atoms with van der Waals surface area (Å²) >= 11 is 5.97. The zero-order chi connectivity index (χ0) is 26.5. The van der Waals surface area contributed by atoms with E-state index in [0.717, 1.165) is 28.8 Å². The van der Waals surface area contributed by atoms with Gasteiger partial charge in [0.25, 0.3) is 11.6 Å². The number of ether oxygens (including phenoxy) is 1. The minimum Gasteiger partial charge on any atom is -0.439 e. The van der Waals surface area contributed by atoms with Crippen molar-refractivity contribution < 1.29 is 14.5 Å². The molecule has 184 valence electrons. The van der Waals surface area contributed by atoms with Gasteiger partial charge in [0.2, 0.25) is 5.88 Å². The Kier molecular flexibility index (Phi) is 7.32. The third-order valence-electron chi connectivity index (χ3n) is 5.47. The molecule has 1 N–H and O–H groups in total. The number of halogens is 1. The summed E-state index contributed by atoms with van der Waals surface area (Å²) in [5.74, 6) is 0.215. The van der Waals surface area contributed by atoms with E-state index in [-0.39, 0.29) is 17.1 Å². The second kappa shape index (κ2) is 10.8. The van der Waals surface area contributed by atoms with Gasteiger partial charge in [-0.05, 0) is 74.0 Å². The van der Waals surface area contributed by atoms with Crippen molar-refractivity contribution in [2.75, 3.05) is 5.32 Å². The highest BCUT2D eigenvalue weighted by atomic mass is 35.5. The lowest BCUT2D eigenvalue weighted by Gasteiger charge is -2.11. The quantitative estimate of drug-likeness (QED) is 0.132. The maximum Gasteiger partial charge on any atom is 0.287 e. The number of aromatic nitrogens is 2. The van der Waals surface area contributed by atoms with Crippen molar-refractivity contribution in [3.8, 4) is 23.4 Å². The first-order valence-electron chi connectivity index (χ1n) is 11.0. The molecule has 10 heteroatoms. The fourth-order valence-corrected chi connectivity index (χ4v) is 3.91. The number of nitrogens with zero attached hydrogens (tertiary/aromatic N) is 4. The van der Waals surface area contributed by atoms with Crippen LogP contribution in [0.4, 0.5) is 11.4 Å². The molecule has 0 atom stereocenters. The van der Waals surface area contributed by atoms with E-state index in [9.17, 15) is 20.2 Å². The summed E-state index contributed by atoms with van der Waals surface area (Å²) in [7, 11) is 0. The summed E-state index contributed by atoms with van der Waals surface area (Å²) in [4.78, 5) is 26.9. The summed E-state index contributed by atoms with van der Waals surface area (Å²) in [5, 5.41) is 23.5. The van der Waals surface area contributed by atoms with Crippen LogP contribution >= 0.6 is 11.6 Å². The molecule has 0 saturated carbocycles. The summed E-state index contributed by atoms with van der Waals surface area (Å²) < 4.78 is 7.67. The Balaban J connectivity index is 1.54. The van der Waals surface area contributed by atoms with E-state index >= 15 is 0 Å². The molecule has 0 radical (unpaired) electrons. The SMILES string of the molecule is Cc1cc(/C=C(\C#N)C(=O)Nc2cccc(Cl)c2)c(C)n1-c1ccc(Oc2ccc([N+](=O)[O-])cn2)cc1. The number of anilines is 1. The molecule has 0 spiro atoms. The van der Waals surface area contributed by atoms with Crippen LogP contribution in [-0.4, -0.2) is 20.4 Å². The fraction of sp³-hybridized carbons (Fsp3) is 0.0741. The van der Waals surface area contributed by atoms with Crippen molar-refractivity contribution in [3.63, 3.8) is 0 Å². The first-order valence-corrected chi connectivity index (χ1v) is 11.4. The lowest BCUT2D eigenvalue weighted by atomic mass is 10.1. The molecule has 4 aromatic rings. The number of nitriles is 1. The van der Waals surface area contributed by atoms with Crippen LogP contribution in [-0.2, 0) is 4.79 Å². The molecule has 0 aliphatic carbocycles. The zero-order valence-electron chi connectivity index (χ0n) is 19.8. The van der Waals surface area contributed by atoms with E-state index in [4.69, 9.17) is 16.3 Å². The van der Waals surface area contributed by atoms with E-state index in [1.165, 1.54) is 12.1 Å². The average Bonchev–Trinajstić information content (AvgIpc) is 3.15. The van der Waals surface area contributed by atoms with Gasteiger partial charge in [0.1, 0.15) is 23.6 Å². The lowest BCUT2D eigenvalue weighted by Crippen LogP contribution is -2.13. The summed E-state index contributed by atoms with van der Waals surface area (Å²) in [5.41, 5.74) is 3.65. The zero-order valence-corrected chi connectivity index (χ0v) is 20.6. The highest BCUT2D eigenvalue weighted by Gasteiger charge is 2.15. The van der Waals surface area contributed by atoms with Crippen molar-refractivity contribution >= 4 is 35.0 Å². The van der Waals surface area contributed by atoms with Crippen molar-refractivity contribution in [2.24, 2.45) is 0 Å². The summed E-state index contributed by atoms with van der Waals surface area (Å²) in [6.45, 7) is 3.82. The van der Waals surface area contributed by atoms with Gasteiger partial charge < -0.3 is 14.6 Å². The highest BCUT2D eigenvalue weighted by Crippen LogP contribution is 2.27. The minimum atomic E-state index is -0.532. The Morgan fingerprint density at radius 3 is 2.54 bits per heavy atom. The van der Waals surface area contributed by atoms with Crippen molar-refractivity contribution in [1.29, 1.82) is 5.26 Å². The van der Waals surface area contributed by atoms with E-state index in [1.54, 1.807) is 42.5 Å². The molecule has 9 nitrogen and oxygen atoms in total. The molecule has 1 amide bonds. The first kappa shape index (κ1) is 25.2. The molecule has 4 rings (SSSR count). The number of pyridine rings is 1. The number of hydrogen-bond donors (Lipinski definition) is 1. The van der Waals surface area contributed by atoms with Crippen LogP contribution in [0.25, 0.3) is 11.8 Å². The van der Waals surface area contributed by atoms with Gasteiger partial charge in [0.15, 0.2) is 0 Å². The van der Waals surface area contributed by atoms with E-state index in [0.29, 0.717) is 16.5 Å². The highest BCUT2D eigenvalue weighted by molar-refractivity contribution is 6.31. The van der Waals surface area contributed by atoms with Gasteiger partial charge >= 0.3 is 0 Å². The van der Waals surface area contributed by atoms with Crippen molar-refractivity contribution in [1.82, 2.24) is 9.55 Å². The Morgan fingerprint density at radius 1 is 1.16 bits per heavy atom. The van der Waals surface area contributed by atoms with Crippen molar-refractivity contribution in [2.45, 2.75) is 13.8 Å². The maximum atomic E-state index is 12.7. The van der Waals surface area contributed by atoms with Gasteiger partial charge in [-0.3, -0.25) is 14.9 Å².